The largest absolute Gasteiger partial charge is 0.508 e. The molecule has 0 saturated heterocycles. The summed E-state index contributed by atoms with van der Waals surface area (Å²) in [6.45, 7) is 3.79. The van der Waals surface area contributed by atoms with Crippen LogP contribution in [0.25, 0.3) is 0 Å². The Kier molecular flexibility index (Phi) is 2.35. The SMILES string of the molecule is Cc1cc(C)c(CC#N)cc1O. The summed E-state index contributed by atoms with van der Waals surface area (Å²) in [7, 11) is 0. The van der Waals surface area contributed by atoms with E-state index in [1.54, 1.807) is 6.07 Å². The van der Waals surface area contributed by atoms with Crippen molar-refractivity contribution in [2.24, 2.45) is 0 Å². The summed E-state index contributed by atoms with van der Waals surface area (Å²) in [5, 5.41) is 17.8. The van der Waals surface area contributed by atoms with Gasteiger partial charge in [0.2, 0.25) is 0 Å². The number of hydrogen-bond donors (Lipinski definition) is 1. The fourth-order valence-electron chi connectivity index (χ4n) is 1.16. The third kappa shape index (κ3) is 1.57. The number of phenols is 1. The van der Waals surface area contributed by atoms with Gasteiger partial charge in [-0.15, -0.1) is 0 Å². The Hall–Kier alpha value is -1.49. The summed E-state index contributed by atoms with van der Waals surface area (Å²) in [5.41, 5.74) is 2.82. The highest BCUT2D eigenvalue weighted by molar-refractivity contribution is 5.41. The summed E-state index contributed by atoms with van der Waals surface area (Å²) >= 11 is 0. The molecule has 1 aromatic rings. The molecule has 0 aliphatic rings. The molecule has 0 bridgehead atoms. The quantitative estimate of drug-likeness (QED) is 0.685. The van der Waals surface area contributed by atoms with Gasteiger partial charge in [0.25, 0.3) is 0 Å². The van der Waals surface area contributed by atoms with Crippen molar-refractivity contribution in [2.45, 2.75) is 20.3 Å². The molecule has 1 N–H and O–H groups in total. The van der Waals surface area contributed by atoms with Gasteiger partial charge < -0.3 is 5.11 Å². The first-order valence-electron chi connectivity index (χ1n) is 3.81. The standard InChI is InChI=1S/C10H11NO/c1-7-5-8(2)10(12)6-9(7)3-4-11/h5-6,12H,3H2,1-2H3. The zero-order valence-corrected chi connectivity index (χ0v) is 7.26. The van der Waals surface area contributed by atoms with Gasteiger partial charge in [0.15, 0.2) is 0 Å². The molecule has 0 atom stereocenters. The number of nitriles is 1. The fraction of sp³-hybridized carbons (Fsp3) is 0.300. The molecule has 0 heterocycles. The predicted octanol–water partition coefficient (Wildman–Crippen LogP) is 2.08. The summed E-state index contributed by atoms with van der Waals surface area (Å²) in [4.78, 5) is 0. The zero-order valence-electron chi connectivity index (χ0n) is 7.26. The highest BCUT2D eigenvalue weighted by Crippen LogP contribution is 2.21. The summed E-state index contributed by atoms with van der Waals surface area (Å²) in [6, 6.07) is 5.61. The molecule has 0 saturated carbocycles. The second-order valence-electron chi connectivity index (χ2n) is 2.90. The number of aryl methyl sites for hydroxylation is 2. The Balaban J connectivity index is 3.16. The molecule has 0 spiro atoms. The molecule has 1 rings (SSSR count). The van der Waals surface area contributed by atoms with Crippen molar-refractivity contribution in [1.29, 1.82) is 5.26 Å². The van der Waals surface area contributed by atoms with Crippen LogP contribution in [0.5, 0.6) is 5.75 Å². The van der Waals surface area contributed by atoms with Gasteiger partial charge in [-0.2, -0.15) is 5.26 Å². The molecule has 0 aliphatic heterocycles. The van der Waals surface area contributed by atoms with Gasteiger partial charge >= 0.3 is 0 Å². The molecule has 0 amide bonds. The molecule has 2 heteroatoms. The molecule has 0 fully saturated rings. The van der Waals surface area contributed by atoms with Crippen LogP contribution in [0.3, 0.4) is 0 Å². The van der Waals surface area contributed by atoms with Crippen LogP contribution in [0, 0.1) is 25.2 Å². The average Bonchev–Trinajstić information content (AvgIpc) is 2.01. The molecular formula is C10H11NO. The number of phenolic OH excluding ortho intramolecular Hbond substituents is 1. The summed E-state index contributed by atoms with van der Waals surface area (Å²) in [5.74, 6) is 0.269. The van der Waals surface area contributed by atoms with Gasteiger partial charge in [-0.05, 0) is 36.6 Å². The smallest absolute Gasteiger partial charge is 0.118 e. The van der Waals surface area contributed by atoms with Crippen LogP contribution in [0.2, 0.25) is 0 Å². The van der Waals surface area contributed by atoms with Crippen LogP contribution in [0.15, 0.2) is 12.1 Å². The van der Waals surface area contributed by atoms with Gasteiger partial charge in [0.1, 0.15) is 5.75 Å². The second kappa shape index (κ2) is 3.27. The number of rotatable bonds is 1. The van der Waals surface area contributed by atoms with E-state index in [2.05, 4.69) is 6.07 Å². The minimum Gasteiger partial charge on any atom is -0.508 e. The van der Waals surface area contributed by atoms with Crippen molar-refractivity contribution in [2.75, 3.05) is 0 Å². The zero-order chi connectivity index (χ0) is 9.14. The van der Waals surface area contributed by atoms with E-state index in [0.717, 1.165) is 16.7 Å². The van der Waals surface area contributed by atoms with Crippen LogP contribution in [-0.2, 0) is 6.42 Å². The third-order valence-corrected chi connectivity index (χ3v) is 1.92. The minimum atomic E-state index is 0.269. The van der Waals surface area contributed by atoms with Gasteiger partial charge in [0, 0.05) is 0 Å². The normalized spacial score (nSPS) is 9.42. The van der Waals surface area contributed by atoms with Gasteiger partial charge in [-0.1, -0.05) is 6.07 Å². The van der Waals surface area contributed by atoms with Crippen molar-refractivity contribution in [1.82, 2.24) is 0 Å². The van der Waals surface area contributed by atoms with Crippen LogP contribution < -0.4 is 0 Å². The topological polar surface area (TPSA) is 44.0 Å². The van der Waals surface area contributed by atoms with E-state index in [9.17, 15) is 5.11 Å². The maximum Gasteiger partial charge on any atom is 0.118 e. The Morgan fingerprint density at radius 1 is 1.33 bits per heavy atom. The van der Waals surface area contributed by atoms with Crippen LogP contribution >= 0.6 is 0 Å². The van der Waals surface area contributed by atoms with Crippen molar-refractivity contribution in [3.05, 3.63) is 28.8 Å². The highest BCUT2D eigenvalue weighted by atomic mass is 16.3. The summed E-state index contributed by atoms with van der Waals surface area (Å²) < 4.78 is 0. The van der Waals surface area contributed by atoms with Crippen molar-refractivity contribution in [3.63, 3.8) is 0 Å². The van der Waals surface area contributed by atoms with Crippen LogP contribution in [-0.4, -0.2) is 5.11 Å². The highest BCUT2D eigenvalue weighted by Gasteiger charge is 2.02. The first-order valence-corrected chi connectivity index (χ1v) is 3.81. The lowest BCUT2D eigenvalue weighted by Gasteiger charge is -2.04. The number of benzene rings is 1. The molecule has 0 unspecified atom stereocenters. The molecule has 2 nitrogen and oxygen atoms in total. The maximum atomic E-state index is 9.34. The van der Waals surface area contributed by atoms with Crippen molar-refractivity contribution < 1.29 is 5.11 Å². The predicted molar refractivity (Wildman–Crippen MR) is 46.9 cm³/mol. The maximum absolute atomic E-state index is 9.34. The van der Waals surface area contributed by atoms with Crippen molar-refractivity contribution >= 4 is 0 Å². The molecule has 0 aromatic heterocycles. The molecule has 0 aliphatic carbocycles. The summed E-state index contributed by atoms with van der Waals surface area (Å²) in [6.07, 6.45) is 0.361. The van der Waals surface area contributed by atoms with Gasteiger partial charge in [-0.3, -0.25) is 0 Å². The number of hydrogen-bond acceptors (Lipinski definition) is 2. The minimum absolute atomic E-state index is 0.269. The van der Waals surface area contributed by atoms with E-state index in [1.807, 2.05) is 19.9 Å². The molecule has 0 radical (unpaired) electrons. The van der Waals surface area contributed by atoms with Crippen LogP contribution in [0.1, 0.15) is 16.7 Å². The Morgan fingerprint density at radius 3 is 2.58 bits per heavy atom. The van der Waals surface area contributed by atoms with Crippen molar-refractivity contribution in [3.8, 4) is 11.8 Å². The van der Waals surface area contributed by atoms with E-state index in [0.29, 0.717) is 6.42 Å². The Morgan fingerprint density at radius 2 is 2.00 bits per heavy atom. The third-order valence-electron chi connectivity index (χ3n) is 1.92. The average molecular weight is 161 g/mol. The van der Waals surface area contributed by atoms with E-state index in [-0.39, 0.29) is 5.75 Å². The van der Waals surface area contributed by atoms with E-state index < -0.39 is 0 Å². The van der Waals surface area contributed by atoms with E-state index in [4.69, 9.17) is 5.26 Å². The Bertz CT molecular complexity index is 336. The molecule has 1 aromatic carbocycles. The van der Waals surface area contributed by atoms with E-state index in [1.165, 1.54) is 0 Å². The lowest BCUT2D eigenvalue weighted by molar-refractivity contribution is 0.470. The van der Waals surface area contributed by atoms with Crippen LogP contribution in [0.4, 0.5) is 0 Å². The van der Waals surface area contributed by atoms with Gasteiger partial charge in [0.05, 0.1) is 12.5 Å². The lowest BCUT2D eigenvalue weighted by Crippen LogP contribution is -1.88. The second-order valence-corrected chi connectivity index (χ2v) is 2.90. The molecular weight excluding hydrogens is 150 g/mol. The number of aromatic hydroxyl groups is 1. The fourth-order valence-corrected chi connectivity index (χ4v) is 1.16. The van der Waals surface area contributed by atoms with Gasteiger partial charge in [-0.25, -0.2) is 0 Å². The Labute approximate surface area is 72.1 Å². The first-order chi connectivity index (χ1) is 5.65. The lowest BCUT2D eigenvalue weighted by atomic mass is 10.0. The first kappa shape index (κ1) is 8.61. The molecule has 62 valence electrons. The van der Waals surface area contributed by atoms with E-state index >= 15 is 0 Å². The monoisotopic (exact) mass is 161 g/mol. The molecule has 12 heavy (non-hydrogen) atoms. The number of nitrogens with zero attached hydrogens (tertiary/aromatic N) is 1.